The van der Waals surface area contributed by atoms with Crippen LogP contribution in [0.2, 0.25) is 0 Å². The molecule has 218 valence electrons. The van der Waals surface area contributed by atoms with Gasteiger partial charge in [0.2, 0.25) is 0 Å². The van der Waals surface area contributed by atoms with E-state index in [2.05, 4.69) is 10.3 Å². The van der Waals surface area contributed by atoms with Crippen LogP contribution in [-0.2, 0) is 12.0 Å². The maximum absolute atomic E-state index is 16.3. The van der Waals surface area contributed by atoms with Crippen LogP contribution in [0.1, 0.15) is 56.1 Å². The molecule has 0 atom stereocenters. The lowest BCUT2D eigenvalue weighted by Crippen LogP contribution is -2.35. The summed E-state index contributed by atoms with van der Waals surface area (Å²) in [4.78, 5) is 35.1. The first-order valence-electron chi connectivity index (χ1n) is 14.2. The van der Waals surface area contributed by atoms with Gasteiger partial charge in [0.25, 0.3) is 11.8 Å². The largest absolute Gasteiger partial charge is 0.460 e. The molecule has 1 fully saturated rings. The SMILES string of the molecule is Cc1ccc(C(=O)NC2(c3ccc4ncccc4n3)CC2)cc1-c1ccc2oc(Cc3ccc(F)cc3)c(C(N)=O)c2c1F. The van der Waals surface area contributed by atoms with Crippen molar-refractivity contribution in [2.45, 2.75) is 31.7 Å². The number of nitrogens with two attached hydrogens (primary N) is 1. The number of nitrogens with zero attached hydrogens (tertiary/aromatic N) is 2. The Morgan fingerprint density at radius 1 is 0.955 bits per heavy atom. The molecule has 0 bridgehead atoms. The molecule has 0 spiro atoms. The summed E-state index contributed by atoms with van der Waals surface area (Å²) in [5, 5.41) is 3.11. The minimum absolute atomic E-state index is 0.0323. The molecule has 3 N–H and O–H groups in total. The van der Waals surface area contributed by atoms with E-state index in [0.717, 1.165) is 35.1 Å². The van der Waals surface area contributed by atoms with Crippen molar-refractivity contribution >= 4 is 33.8 Å². The summed E-state index contributed by atoms with van der Waals surface area (Å²) < 4.78 is 35.6. The number of hydrogen-bond acceptors (Lipinski definition) is 5. The number of fused-ring (bicyclic) bond motifs is 2. The molecule has 9 heteroatoms. The van der Waals surface area contributed by atoms with Crippen LogP contribution in [-0.4, -0.2) is 21.8 Å². The molecule has 7 nitrogen and oxygen atoms in total. The molecule has 1 saturated carbocycles. The Morgan fingerprint density at radius 2 is 1.75 bits per heavy atom. The number of furan rings is 1. The fraction of sp³-hybridized carbons (Fsp3) is 0.143. The maximum Gasteiger partial charge on any atom is 0.253 e. The summed E-state index contributed by atoms with van der Waals surface area (Å²) in [6.07, 6.45) is 3.33. The molecule has 3 aromatic heterocycles. The van der Waals surface area contributed by atoms with Crippen molar-refractivity contribution in [2.24, 2.45) is 5.73 Å². The van der Waals surface area contributed by atoms with E-state index in [9.17, 15) is 14.0 Å². The molecule has 3 heterocycles. The normalized spacial score (nSPS) is 13.7. The molecular weight excluding hydrogens is 562 g/mol. The van der Waals surface area contributed by atoms with Crippen molar-refractivity contribution < 1.29 is 22.8 Å². The third-order valence-corrected chi connectivity index (χ3v) is 8.23. The summed E-state index contributed by atoms with van der Waals surface area (Å²) in [5.41, 5.74) is 9.99. The van der Waals surface area contributed by atoms with Gasteiger partial charge in [0.15, 0.2) is 0 Å². The first-order valence-corrected chi connectivity index (χ1v) is 14.2. The van der Waals surface area contributed by atoms with Crippen LogP contribution in [0.4, 0.5) is 8.78 Å². The zero-order valence-corrected chi connectivity index (χ0v) is 23.7. The third kappa shape index (κ3) is 4.76. The van der Waals surface area contributed by atoms with Crippen LogP contribution in [0.5, 0.6) is 0 Å². The Morgan fingerprint density at radius 3 is 2.50 bits per heavy atom. The predicted molar refractivity (Wildman–Crippen MR) is 162 cm³/mol. The average molecular weight is 589 g/mol. The van der Waals surface area contributed by atoms with Crippen LogP contribution < -0.4 is 11.1 Å². The van der Waals surface area contributed by atoms with Crippen LogP contribution in [0.25, 0.3) is 33.1 Å². The lowest BCUT2D eigenvalue weighted by atomic mass is 9.95. The zero-order valence-electron chi connectivity index (χ0n) is 23.7. The Balaban J connectivity index is 1.23. The number of aromatic nitrogens is 2. The zero-order chi connectivity index (χ0) is 30.6. The minimum Gasteiger partial charge on any atom is -0.460 e. The number of benzene rings is 3. The molecule has 0 radical (unpaired) electrons. The number of halogens is 2. The van der Waals surface area contributed by atoms with E-state index in [1.807, 2.05) is 31.2 Å². The van der Waals surface area contributed by atoms with Crippen molar-refractivity contribution in [3.8, 4) is 11.1 Å². The van der Waals surface area contributed by atoms with Gasteiger partial charge in [-0.15, -0.1) is 0 Å². The number of pyridine rings is 2. The number of aryl methyl sites for hydroxylation is 1. The molecule has 6 aromatic rings. The average Bonchev–Trinajstić information content (AvgIpc) is 3.70. The number of carbonyl (C=O) groups excluding carboxylic acids is 2. The van der Waals surface area contributed by atoms with E-state index >= 15 is 4.39 Å². The lowest BCUT2D eigenvalue weighted by Gasteiger charge is -2.18. The van der Waals surface area contributed by atoms with E-state index in [4.69, 9.17) is 15.1 Å². The highest BCUT2D eigenvalue weighted by Gasteiger charge is 2.47. The fourth-order valence-corrected chi connectivity index (χ4v) is 5.72. The Bertz CT molecular complexity index is 2120. The summed E-state index contributed by atoms with van der Waals surface area (Å²) in [6, 6.07) is 21.5. The van der Waals surface area contributed by atoms with Crippen LogP contribution in [0.15, 0.2) is 89.5 Å². The van der Waals surface area contributed by atoms with Gasteiger partial charge in [-0.25, -0.2) is 13.8 Å². The first kappa shape index (κ1) is 27.4. The quantitative estimate of drug-likeness (QED) is 0.215. The third-order valence-electron chi connectivity index (χ3n) is 8.23. The van der Waals surface area contributed by atoms with Gasteiger partial charge >= 0.3 is 0 Å². The van der Waals surface area contributed by atoms with E-state index in [1.165, 1.54) is 12.1 Å². The van der Waals surface area contributed by atoms with Gasteiger partial charge in [-0.05, 0) is 97.1 Å². The topological polar surface area (TPSA) is 111 Å². The molecule has 1 aliphatic carbocycles. The standard InChI is InChI=1S/C35H26F2N4O3/c1-19-4-7-21(34(43)41-35(14-15-35)29-13-11-25-26(40-29)3-2-16-39-25)18-24(19)23-10-12-27-30(32(23)37)31(33(38)42)28(44-27)17-20-5-8-22(36)9-6-20/h2-13,16,18H,14-15,17H2,1H3,(H2,38,42)(H,41,43). The molecule has 0 unspecified atom stereocenters. The Kier molecular flexibility index (Phi) is 6.46. The highest BCUT2D eigenvalue weighted by Crippen LogP contribution is 2.45. The smallest absolute Gasteiger partial charge is 0.253 e. The van der Waals surface area contributed by atoms with E-state index in [1.54, 1.807) is 48.7 Å². The number of hydrogen-bond donors (Lipinski definition) is 2. The molecule has 3 aromatic carbocycles. The fourth-order valence-electron chi connectivity index (χ4n) is 5.72. The second-order valence-electron chi connectivity index (χ2n) is 11.2. The van der Waals surface area contributed by atoms with Crippen LogP contribution in [0.3, 0.4) is 0 Å². The van der Waals surface area contributed by atoms with E-state index in [-0.39, 0.29) is 40.2 Å². The van der Waals surface area contributed by atoms with Gasteiger partial charge in [0.05, 0.1) is 33.2 Å². The number of amides is 2. The van der Waals surface area contributed by atoms with Gasteiger partial charge in [-0.1, -0.05) is 18.2 Å². The van der Waals surface area contributed by atoms with Gasteiger partial charge < -0.3 is 15.5 Å². The van der Waals surface area contributed by atoms with E-state index < -0.39 is 23.1 Å². The van der Waals surface area contributed by atoms with Gasteiger partial charge in [-0.2, -0.15) is 0 Å². The summed E-state index contributed by atoms with van der Waals surface area (Å²) in [6.45, 7) is 1.82. The number of carbonyl (C=O) groups is 2. The number of nitrogens with one attached hydrogen (secondary N) is 1. The molecule has 2 amide bonds. The Labute approximate surface area is 250 Å². The maximum atomic E-state index is 16.3. The second kappa shape index (κ2) is 10.4. The minimum atomic E-state index is -0.838. The van der Waals surface area contributed by atoms with Crippen molar-refractivity contribution in [3.05, 3.63) is 130 Å². The molecule has 1 aliphatic rings. The molecule has 0 aliphatic heterocycles. The van der Waals surface area contributed by atoms with Crippen molar-refractivity contribution in [2.75, 3.05) is 0 Å². The predicted octanol–water partition coefficient (Wildman–Crippen LogP) is 6.74. The molecule has 44 heavy (non-hydrogen) atoms. The summed E-state index contributed by atoms with van der Waals surface area (Å²) in [5.74, 6) is -2.03. The number of rotatable bonds is 7. The molecule has 0 saturated heterocycles. The second-order valence-corrected chi connectivity index (χ2v) is 11.2. The lowest BCUT2D eigenvalue weighted by molar-refractivity contribution is 0.0929. The first-order chi connectivity index (χ1) is 21.2. The van der Waals surface area contributed by atoms with Gasteiger partial charge in [-0.3, -0.25) is 14.6 Å². The van der Waals surface area contributed by atoms with Crippen molar-refractivity contribution in [1.82, 2.24) is 15.3 Å². The van der Waals surface area contributed by atoms with Gasteiger partial charge in [0, 0.05) is 23.7 Å². The summed E-state index contributed by atoms with van der Waals surface area (Å²) in [7, 11) is 0. The van der Waals surface area contributed by atoms with Gasteiger partial charge in [0.1, 0.15) is 23.0 Å². The molecular formula is C35H26F2N4O3. The van der Waals surface area contributed by atoms with Crippen molar-refractivity contribution in [1.29, 1.82) is 0 Å². The van der Waals surface area contributed by atoms with Crippen molar-refractivity contribution in [3.63, 3.8) is 0 Å². The van der Waals surface area contributed by atoms with Crippen LogP contribution in [0, 0.1) is 18.6 Å². The monoisotopic (exact) mass is 588 g/mol. The van der Waals surface area contributed by atoms with E-state index in [0.29, 0.717) is 16.7 Å². The Hall–Kier alpha value is -5.44. The highest BCUT2D eigenvalue weighted by atomic mass is 19.1. The highest BCUT2D eigenvalue weighted by molar-refractivity contribution is 6.08. The number of primary amides is 1. The summed E-state index contributed by atoms with van der Waals surface area (Å²) >= 11 is 0. The molecule has 7 rings (SSSR count). The van der Waals surface area contributed by atoms with Crippen LogP contribution >= 0.6 is 0 Å².